The lowest BCUT2D eigenvalue weighted by molar-refractivity contribution is -0.131. The van der Waals surface area contributed by atoms with Gasteiger partial charge in [0.2, 0.25) is 5.91 Å². The minimum atomic E-state index is 0.306. The lowest BCUT2D eigenvalue weighted by Crippen LogP contribution is -2.35. The number of rotatable bonds is 1. The molecule has 2 nitrogen and oxygen atoms in total. The number of piperidine rings is 1. The van der Waals surface area contributed by atoms with Crippen LogP contribution in [0.1, 0.15) is 19.8 Å². The first-order valence-corrected chi connectivity index (χ1v) is 3.44. The SMILES string of the molecule is CCN1C[CH]CCC1=O. The zero-order chi connectivity index (χ0) is 6.69. The van der Waals surface area contributed by atoms with E-state index >= 15 is 0 Å². The predicted molar refractivity (Wildman–Crippen MR) is 35.8 cm³/mol. The average Bonchev–Trinajstić information content (AvgIpc) is 1.89. The number of hydrogen-bond acceptors (Lipinski definition) is 1. The van der Waals surface area contributed by atoms with Crippen molar-refractivity contribution in [1.29, 1.82) is 0 Å². The molecule has 0 aromatic carbocycles. The minimum Gasteiger partial charge on any atom is -0.343 e. The van der Waals surface area contributed by atoms with Crippen molar-refractivity contribution in [2.45, 2.75) is 19.8 Å². The highest BCUT2D eigenvalue weighted by molar-refractivity contribution is 5.77. The quantitative estimate of drug-likeness (QED) is 0.509. The lowest BCUT2D eigenvalue weighted by Gasteiger charge is -2.24. The molecule has 1 radical (unpaired) electrons. The molecule has 0 spiro atoms. The molecule has 0 aliphatic carbocycles. The van der Waals surface area contributed by atoms with Gasteiger partial charge in [-0.2, -0.15) is 0 Å². The minimum absolute atomic E-state index is 0.306. The Labute approximate surface area is 55.8 Å². The van der Waals surface area contributed by atoms with E-state index < -0.39 is 0 Å². The van der Waals surface area contributed by atoms with Crippen LogP contribution >= 0.6 is 0 Å². The molecular weight excluding hydrogens is 114 g/mol. The predicted octanol–water partition coefficient (Wildman–Crippen LogP) is 0.833. The summed E-state index contributed by atoms with van der Waals surface area (Å²) in [7, 11) is 0. The van der Waals surface area contributed by atoms with Crippen LogP contribution in [0.4, 0.5) is 0 Å². The lowest BCUT2D eigenvalue weighted by atomic mass is 10.1. The molecule has 1 aliphatic heterocycles. The van der Waals surface area contributed by atoms with E-state index in [9.17, 15) is 4.79 Å². The molecule has 51 valence electrons. The van der Waals surface area contributed by atoms with Gasteiger partial charge < -0.3 is 4.90 Å². The fraction of sp³-hybridized carbons (Fsp3) is 0.714. The maximum atomic E-state index is 10.9. The van der Waals surface area contributed by atoms with E-state index in [-0.39, 0.29) is 0 Å². The molecule has 0 N–H and O–H groups in total. The molecule has 1 rings (SSSR count). The summed E-state index contributed by atoms with van der Waals surface area (Å²) in [6.07, 6.45) is 3.84. The second-order valence-electron chi connectivity index (χ2n) is 2.26. The van der Waals surface area contributed by atoms with Gasteiger partial charge >= 0.3 is 0 Å². The first-order chi connectivity index (χ1) is 4.34. The highest BCUT2D eigenvalue weighted by Crippen LogP contribution is 2.07. The van der Waals surface area contributed by atoms with Crippen LogP contribution in [0.25, 0.3) is 0 Å². The monoisotopic (exact) mass is 126 g/mol. The summed E-state index contributed by atoms with van der Waals surface area (Å²) in [5.74, 6) is 0.306. The molecule has 0 unspecified atom stereocenters. The Balaban J connectivity index is 2.39. The maximum Gasteiger partial charge on any atom is 0.222 e. The summed E-state index contributed by atoms with van der Waals surface area (Å²) >= 11 is 0. The number of carbonyl (C=O) groups excluding carboxylic acids is 1. The highest BCUT2D eigenvalue weighted by Gasteiger charge is 2.15. The number of likely N-dealkylation sites (tertiary alicyclic amines) is 1. The van der Waals surface area contributed by atoms with Crippen molar-refractivity contribution in [2.24, 2.45) is 0 Å². The summed E-state index contributed by atoms with van der Waals surface area (Å²) in [5.41, 5.74) is 0. The Bertz CT molecular complexity index is 111. The number of carbonyl (C=O) groups is 1. The van der Waals surface area contributed by atoms with Crippen LogP contribution in [-0.4, -0.2) is 23.9 Å². The Kier molecular flexibility index (Phi) is 2.09. The molecule has 1 amide bonds. The molecule has 1 aliphatic rings. The molecule has 0 aromatic heterocycles. The van der Waals surface area contributed by atoms with Gasteiger partial charge in [-0.05, 0) is 19.8 Å². The molecule has 0 saturated carbocycles. The smallest absolute Gasteiger partial charge is 0.222 e. The van der Waals surface area contributed by atoms with Crippen LogP contribution in [0.15, 0.2) is 0 Å². The standard InChI is InChI=1S/C7H12NO/c1-2-8-6-4-3-5-7(8)9/h4H,2-3,5-6H2,1H3. The third-order valence-corrected chi connectivity index (χ3v) is 1.65. The molecule has 0 bridgehead atoms. The zero-order valence-corrected chi connectivity index (χ0v) is 5.76. The van der Waals surface area contributed by atoms with E-state index in [1.54, 1.807) is 0 Å². The van der Waals surface area contributed by atoms with Crippen molar-refractivity contribution in [2.75, 3.05) is 13.1 Å². The van der Waals surface area contributed by atoms with E-state index in [0.29, 0.717) is 12.3 Å². The van der Waals surface area contributed by atoms with Crippen molar-refractivity contribution >= 4 is 5.91 Å². The Hall–Kier alpha value is -0.530. The van der Waals surface area contributed by atoms with Gasteiger partial charge in [0, 0.05) is 19.5 Å². The van der Waals surface area contributed by atoms with Crippen LogP contribution in [0.5, 0.6) is 0 Å². The zero-order valence-electron chi connectivity index (χ0n) is 5.76. The molecule has 1 heterocycles. The summed E-state index contributed by atoms with van der Waals surface area (Å²) in [6, 6.07) is 0. The molecule has 2 heteroatoms. The van der Waals surface area contributed by atoms with Gasteiger partial charge in [-0.3, -0.25) is 4.79 Å². The first kappa shape index (κ1) is 6.59. The average molecular weight is 126 g/mol. The third-order valence-electron chi connectivity index (χ3n) is 1.65. The van der Waals surface area contributed by atoms with Gasteiger partial charge in [-0.15, -0.1) is 0 Å². The largest absolute Gasteiger partial charge is 0.343 e. The van der Waals surface area contributed by atoms with Crippen LogP contribution in [-0.2, 0) is 4.79 Å². The fourth-order valence-electron chi connectivity index (χ4n) is 1.04. The van der Waals surface area contributed by atoms with E-state index in [1.807, 2.05) is 11.8 Å². The fourth-order valence-corrected chi connectivity index (χ4v) is 1.04. The first-order valence-electron chi connectivity index (χ1n) is 3.44. The van der Waals surface area contributed by atoms with E-state index in [4.69, 9.17) is 0 Å². The second kappa shape index (κ2) is 2.85. The Morgan fingerprint density at radius 1 is 1.78 bits per heavy atom. The number of nitrogens with zero attached hydrogens (tertiary/aromatic N) is 1. The van der Waals surface area contributed by atoms with Gasteiger partial charge in [-0.25, -0.2) is 0 Å². The van der Waals surface area contributed by atoms with E-state index in [1.165, 1.54) is 0 Å². The van der Waals surface area contributed by atoms with Gasteiger partial charge in [0.05, 0.1) is 0 Å². The summed E-state index contributed by atoms with van der Waals surface area (Å²) in [4.78, 5) is 12.8. The van der Waals surface area contributed by atoms with Crippen molar-refractivity contribution in [3.8, 4) is 0 Å². The maximum absolute atomic E-state index is 10.9. The van der Waals surface area contributed by atoms with E-state index in [2.05, 4.69) is 6.42 Å². The van der Waals surface area contributed by atoms with Gasteiger partial charge in [0.1, 0.15) is 0 Å². The van der Waals surface area contributed by atoms with Crippen molar-refractivity contribution in [3.63, 3.8) is 0 Å². The van der Waals surface area contributed by atoms with Crippen molar-refractivity contribution < 1.29 is 4.79 Å². The summed E-state index contributed by atoms with van der Waals surface area (Å²) < 4.78 is 0. The van der Waals surface area contributed by atoms with Crippen LogP contribution < -0.4 is 0 Å². The molecule has 0 aromatic rings. The van der Waals surface area contributed by atoms with E-state index in [0.717, 1.165) is 19.5 Å². The molecule has 9 heavy (non-hydrogen) atoms. The summed E-state index contributed by atoms with van der Waals surface area (Å²) in [5, 5.41) is 0. The normalized spacial score (nSPS) is 20.6. The van der Waals surface area contributed by atoms with Crippen LogP contribution in [0.2, 0.25) is 0 Å². The molecule has 1 fully saturated rings. The van der Waals surface area contributed by atoms with Crippen molar-refractivity contribution in [3.05, 3.63) is 6.42 Å². The Morgan fingerprint density at radius 3 is 3.00 bits per heavy atom. The topological polar surface area (TPSA) is 20.3 Å². The van der Waals surface area contributed by atoms with Crippen LogP contribution in [0, 0.1) is 6.42 Å². The molecule has 0 atom stereocenters. The van der Waals surface area contributed by atoms with Crippen LogP contribution in [0.3, 0.4) is 0 Å². The Morgan fingerprint density at radius 2 is 2.56 bits per heavy atom. The third kappa shape index (κ3) is 1.44. The van der Waals surface area contributed by atoms with Gasteiger partial charge in [0.25, 0.3) is 0 Å². The van der Waals surface area contributed by atoms with Gasteiger partial charge in [0.15, 0.2) is 0 Å². The second-order valence-corrected chi connectivity index (χ2v) is 2.26. The number of hydrogen-bond donors (Lipinski definition) is 0. The number of amides is 1. The van der Waals surface area contributed by atoms with Crippen molar-refractivity contribution in [1.82, 2.24) is 4.90 Å². The summed E-state index contributed by atoms with van der Waals surface area (Å²) in [6.45, 7) is 3.72. The highest BCUT2D eigenvalue weighted by atomic mass is 16.2. The molecule has 1 saturated heterocycles. The van der Waals surface area contributed by atoms with Gasteiger partial charge in [-0.1, -0.05) is 0 Å². The molecular formula is C7H12NO.